The van der Waals surface area contributed by atoms with Crippen molar-refractivity contribution < 1.29 is 0 Å². The quantitative estimate of drug-likeness (QED) is 0.468. The fraction of sp³-hybridized carbons (Fsp3) is 1.00. The molecule has 1 rings (SSSR count). The van der Waals surface area contributed by atoms with Crippen molar-refractivity contribution >= 4 is 0 Å². The van der Waals surface area contributed by atoms with Crippen LogP contribution in [0, 0.1) is 0 Å². The van der Waals surface area contributed by atoms with Gasteiger partial charge in [-0.1, -0.05) is 0 Å². The minimum absolute atomic E-state index is 0.0677. The summed E-state index contributed by atoms with van der Waals surface area (Å²) in [4.78, 5) is 0. The third kappa shape index (κ3) is 1.46. The van der Waals surface area contributed by atoms with Crippen LogP contribution in [0.15, 0.2) is 0 Å². The van der Waals surface area contributed by atoms with Crippen molar-refractivity contribution in [3.63, 3.8) is 0 Å². The van der Waals surface area contributed by atoms with E-state index in [2.05, 4.69) is 12.2 Å². The topological polar surface area (TPSA) is 38.0 Å². The first-order valence-corrected chi connectivity index (χ1v) is 3.20. The SMILES string of the molecule is C[C@]1(N)CCCNC1. The van der Waals surface area contributed by atoms with E-state index in [1.807, 2.05) is 0 Å². The molecule has 3 N–H and O–H groups in total. The summed E-state index contributed by atoms with van der Waals surface area (Å²) in [5, 5.41) is 3.25. The number of hydrogen-bond donors (Lipinski definition) is 2. The van der Waals surface area contributed by atoms with E-state index in [1.54, 1.807) is 0 Å². The summed E-state index contributed by atoms with van der Waals surface area (Å²) in [6, 6.07) is 0. The van der Waals surface area contributed by atoms with Crippen LogP contribution in [0.4, 0.5) is 0 Å². The van der Waals surface area contributed by atoms with Gasteiger partial charge in [-0.2, -0.15) is 0 Å². The monoisotopic (exact) mass is 114 g/mol. The number of nitrogens with one attached hydrogen (secondary N) is 1. The Kier molecular flexibility index (Phi) is 1.54. The lowest BCUT2D eigenvalue weighted by atomic mass is 9.94. The van der Waals surface area contributed by atoms with Crippen LogP contribution in [0.5, 0.6) is 0 Å². The summed E-state index contributed by atoms with van der Waals surface area (Å²) in [5.74, 6) is 0. The zero-order valence-corrected chi connectivity index (χ0v) is 5.41. The van der Waals surface area contributed by atoms with Crippen molar-refractivity contribution in [1.29, 1.82) is 0 Å². The van der Waals surface area contributed by atoms with E-state index in [9.17, 15) is 0 Å². The van der Waals surface area contributed by atoms with Crippen molar-refractivity contribution in [3.8, 4) is 0 Å². The average molecular weight is 114 g/mol. The van der Waals surface area contributed by atoms with Crippen molar-refractivity contribution in [2.75, 3.05) is 13.1 Å². The highest BCUT2D eigenvalue weighted by atomic mass is 14.9. The van der Waals surface area contributed by atoms with E-state index in [4.69, 9.17) is 5.73 Å². The van der Waals surface area contributed by atoms with E-state index in [1.165, 1.54) is 12.8 Å². The molecule has 1 heterocycles. The normalized spacial score (nSPS) is 39.8. The molecule has 0 amide bonds. The van der Waals surface area contributed by atoms with Gasteiger partial charge >= 0.3 is 0 Å². The summed E-state index contributed by atoms with van der Waals surface area (Å²) in [6.07, 6.45) is 2.40. The fourth-order valence-electron chi connectivity index (χ4n) is 1.08. The minimum atomic E-state index is 0.0677. The zero-order chi connectivity index (χ0) is 6.04. The van der Waals surface area contributed by atoms with Gasteiger partial charge < -0.3 is 11.1 Å². The van der Waals surface area contributed by atoms with Crippen LogP contribution in [0.2, 0.25) is 0 Å². The fourth-order valence-corrected chi connectivity index (χ4v) is 1.08. The van der Waals surface area contributed by atoms with E-state index >= 15 is 0 Å². The second-order valence-electron chi connectivity index (χ2n) is 2.93. The molecule has 2 heteroatoms. The maximum atomic E-state index is 5.82. The molecular formula is C6H14N2. The highest BCUT2D eigenvalue weighted by Crippen LogP contribution is 2.10. The lowest BCUT2D eigenvalue weighted by Gasteiger charge is -2.29. The van der Waals surface area contributed by atoms with E-state index in [-0.39, 0.29) is 5.54 Å². The van der Waals surface area contributed by atoms with Gasteiger partial charge in [0.2, 0.25) is 0 Å². The van der Waals surface area contributed by atoms with Crippen molar-refractivity contribution in [2.24, 2.45) is 5.73 Å². The molecular weight excluding hydrogens is 100 g/mol. The van der Waals surface area contributed by atoms with Crippen LogP contribution in [-0.4, -0.2) is 18.6 Å². The standard InChI is InChI=1S/C6H14N2/c1-6(7)3-2-4-8-5-6/h8H,2-5,7H2,1H3/t6-/m0/s1. The van der Waals surface area contributed by atoms with Crippen LogP contribution in [-0.2, 0) is 0 Å². The first-order valence-electron chi connectivity index (χ1n) is 3.20. The number of piperidine rings is 1. The molecule has 1 aliphatic heterocycles. The second kappa shape index (κ2) is 2.03. The zero-order valence-electron chi connectivity index (χ0n) is 5.41. The first-order chi connectivity index (χ1) is 3.71. The molecule has 0 aliphatic carbocycles. The highest BCUT2D eigenvalue weighted by molar-refractivity contribution is 4.84. The van der Waals surface area contributed by atoms with E-state index in [0.29, 0.717) is 0 Å². The summed E-state index contributed by atoms with van der Waals surface area (Å²) < 4.78 is 0. The Morgan fingerprint density at radius 1 is 1.62 bits per heavy atom. The van der Waals surface area contributed by atoms with Gasteiger partial charge in [-0.3, -0.25) is 0 Å². The van der Waals surface area contributed by atoms with Gasteiger partial charge in [0.1, 0.15) is 0 Å². The second-order valence-corrected chi connectivity index (χ2v) is 2.93. The Bertz CT molecular complexity index is 70.6. The van der Waals surface area contributed by atoms with Crippen molar-refractivity contribution in [1.82, 2.24) is 5.32 Å². The van der Waals surface area contributed by atoms with Crippen LogP contribution in [0.3, 0.4) is 0 Å². The van der Waals surface area contributed by atoms with Gasteiger partial charge in [-0.15, -0.1) is 0 Å². The Hall–Kier alpha value is -0.0800. The molecule has 8 heavy (non-hydrogen) atoms. The summed E-state index contributed by atoms with van der Waals surface area (Å²) in [7, 11) is 0. The predicted octanol–water partition coefficient (Wildman–Crippen LogP) is 0.0872. The lowest BCUT2D eigenvalue weighted by Crippen LogP contribution is -2.50. The van der Waals surface area contributed by atoms with Gasteiger partial charge in [0.15, 0.2) is 0 Å². The van der Waals surface area contributed by atoms with Crippen LogP contribution in [0.25, 0.3) is 0 Å². The van der Waals surface area contributed by atoms with Crippen LogP contribution in [0.1, 0.15) is 19.8 Å². The summed E-state index contributed by atoms with van der Waals surface area (Å²) in [6.45, 7) is 4.22. The average Bonchev–Trinajstić information content (AvgIpc) is 1.65. The lowest BCUT2D eigenvalue weighted by molar-refractivity contribution is 0.342. The van der Waals surface area contributed by atoms with Gasteiger partial charge in [0.05, 0.1) is 0 Å². The smallest absolute Gasteiger partial charge is 0.0252 e. The van der Waals surface area contributed by atoms with Crippen molar-refractivity contribution in [3.05, 3.63) is 0 Å². The third-order valence-electron chi connectivity index (χ3n) is 1.63. The Balaban J connectivity index is 2.33. The Morgan fingerprint density at radius 2 is 2.38 bits per heavy atom. The van der Waals surface area contributed by atoms with Gasteiger partial charge in [0, 0.05) is 12.1 Å². The molecule has 0 radical (unpaired) electrons. The molecule has 0 aromatic rings. The van der Waals surface area contributed by atoms with Crippen LogP contribution < -0.4 is 11.1 Å². The summed E-state index contributed by atoms with van der Waals surface area (Å²) in [5.41, 5.74) is 5.88. The molecule has 0 saturated carbocycles. The summed E-state index contributed by atoms with van der Waals surface area (Å²) >= 11 is 0. The number of rotatable bonds is 0. The maximum Gasteiger partial charge on any atom is 0.0252 e. The van der Waals surface area contributed by atoms with E-state index in [0.717, 1.165) is 13.1 Å². The molecule has 0 unspecified atom stereocenters. The van der Waals surface area contributed by atoms with Gasteiger partial charge in [0.25, 0.3) is 0 Å². The molecule has 48 valence electrons. The van der Waals surface area contributed by atoms with Gasteiger partial charge in [-0.25, -0.2) is 0 Å². The third-order valence-corrected chi connectivity index (χ3v) is 1.63. The first kappa shape index (κ1) is 6.05. The number of nitrogens with two attached hydrogens (primary N) is 1. The van der Waals surface area contributed by atoms with E-state index < -0.39 is 0 Å². The molecule has 0 aromatic carbocycles. The predicted molar refractivity (Wildman–Crippen MR) is 34.7 cm³/mol. The molecule has 0 aromatic heterocycles. The van der Waals surface area contributed by atoms with Gasteiger partial charge in [-0.05, 0) is 26.3 Å². The molecule has 1 fully saturated rings. The molecule has 0 bridgehead atoms. The molecule has 1 aliphatic rings. The molecule has 1 atom stereocenters. The Morgan fingerprint density at radius 3 is 2.62 bits per heavy atom. The number of hydrogen-bond acceptors (Lipinski definition) is 2. The largest absolute Gasteiger partial charge is 0.324 e. The molecule has 1 saturated heterocycles. The van der Waals surface area contributed by atoms with Crippen molar-refractivity contribution in [2.45, 2.75) is 25.3 Å². The minimum Gasteiger partial charge on any atom is -0.324 e. The molecule has 2 nitrogen and oxygen atoms in total. The Labute approximate surface area is 50.4 Å². The van der Waals surface area contributed by atoms with Crippen LogP contribution >= 0.6 is 0 Å². The maximum absolute atomic E-state index is 5.82. The molecule has 0 spiro atoms. The highest BCUT2D eigenvalue weighted by Gasteiger charge is 2.20.